The first-order valence-corrected chi connectivity index (χ1v) is 7.66. The smallest absolute Gasteiger partial charge is 0.343 e. The van der Waals surface area contributed by atoms with E-state index in [2.05, 4.69) is 9.88 Å². The van der Waals surface area contributed by atoms with Crippen molar-refractivity contribution in [3.05, 3.63) is 65.9 Å². The van der Waals surface area contributed by atoms with E-state index in [-0.39, 0.29) is 5.97 Å². The lowest BCUT2D eigenvalue weighted by atomic mass is 10.1. The summed E-state index contributed by atoms with van der Waals surface area (Å²) < 4.78 is 5.65. The Hall–Kier alpha value is -2.59. The van der Waals surface area contributed by atoms with Gasteiger partial charge in [-0.05, 0) is 50.3 Å². The number of carbonyl (C=O) groups excluding carboxylic acids is 1. The van der Waals surface area contributed by atoms with E-state index in [1.54, 1.807) is 12.1 Å². The van der Waals surface area contributed by atoms with Crippen molar-refractivity contribution in [1.82, 2.24) is 9.88 Å². The number of nitrogens with zero attached hydrogens (tertiary/aromatic N) is 1. The molecule has 1 heterocycles. The van der Waals surface area contributed by atoms with Gasteiger partial charge in [-0.15, -0.1) is 0 Å². The van der Waals surface area contributed by atoms with Crippen LogP contribution in [-0.2, 0) is 6.42 Å². The van der Waals surface area contributed by atoms with Crippen molar-refractivity contribution in [3.63, 3.8) is 0 Å². The summed E-state index contributed by atoms with van der Waals surface area (Å²) in [6, 6.07) is 14.8. The molecule has 0 saturated carbocycles. The molecule has 1 aromatic heterocycles. The van der Waals surface area contributed by atoms with Gasteiger partial charge in [-0.2, -0.15) is 0 Å². The SMILES string of the molecule is CN(C)CCc1c[nH]c2cccc(OC(=O)c3ccccc3)c12. The van der Waals surface area contributed by atoms with Crippen molar-refractivity contribution in [1.29, 1.82) is 0 Å². The van der Waals surface area contributed by atoms with Crippen LogP contribution in [0.4, 0.5) is 0 Å². The Morgan fingerprint density at radius 1 is 1.09 bits per heavy atom. The molecule has 0 aliphatic carbocycles. The van der Waals surface area contributed by atoms with Gasteiger partial charge in [-0.3, -0.25) is 0 Å². The van der Waals surface area contributed by atoms with Gasteiger partial charge in [0, 0.05) is 23.6 Å². The summed E-state index contributed by atoms with van der Waals surface area (Å²) in [6.45, 7) is 0.938. The lowest BCUT2D eigenvalue weighted by Gasteiger charge is -2.10. The van der Waals surface area contributed by atoms with Crippen LogP contribution in [0.1, 0.15) is 15.9 Å². The zero-order valence-corrected chi connectivity index (χ0v) is 13.4. The fraction of sp³-hybridized carbons (Fsp3) is 0.211. The number of esters is 1. The molecule has 0 atom stereocenters. The topological polar surface area (TPSA) is 45.3 Å². The number of nitrogens with one attached hydrogen (secondary N) is 1. The Labute approximate surface area is 135 Å². The van der Waals surface area contributed by atoms with Gasteiger partial charge in [0.2, 0.25) is 0 Å². The quantitative estimate of drug-likeness (QED) is 0.579. The molecule has 118 valence electrons. The van der Waals surface area contributed by atoms with Crippen molar-refractivity contribution in [3.8, 4) is 5.75 Å². The molecule has 4 heteroatoms. The Balaban J connectivity index is 1.91. The molecule has 1 N–H and O–H groups in total. The number of rotatable bonds is 5. The van der Waals surface area contributed by atoms with E-state index in [4.69, 9.17) is 4.74 Å². The van der Waals surface area contributed by atoms with Crippen LogP contribution in [0.25, 0.3) is 10.9 Å². The fourth-order valence-corrected chi connectivity index (χ4v) is 2.58. The maximum atomic E-state index is 12.3. The number of likely N-dealkylation sites (N-methyl/N-ethyl adjacent to an activating group) is 1. The highest BCUT2D eigenvalue weighted by Gasteiger charge is 2.14. The van der Waals surface area contributed by atoms with Gasteiger partial charge in [0.15, 0.2) is 0 Å². The first-order chi connectivity index (χ1) is 11.1. The Morgan fingerprint density at radius 2 is 1.87 bits per heavy atom. The minimum absolute atomic E-state index is 0.335. The highest BCUT2D eigenvalue weighted by molar-refractivity contribution is 5.96. The standard InChI is InChI=1S/C19H20N2O2/c1-21(2)12-11-15-13-20-16-9-6-10-17(18(15)16)23-19(22)14-7-4-3-5-8-14/h3-10,13,20H,11-12H2,1-2H3. The van der Waals surface area contributed by atoms with Crippen molar-refractivity contribution in [2.75, 3.05) is 20.6 Å². The number of carbonyl (C=O) groups is 1. The highest BCUT2D eigenvalue weighted by Crippen LogP contribution is 2.29. The van der Waals surface area contributed by atoms with Crippen LogP contribution in [0.2, 0.25) is 0 Å². The first-order valence-electron chi connectivity index (χ1n) is 7.66. The minimum Gasteiger partial charge on any atom is -0.422 e. The summed E-state index contributed by atoms with van der Waals surface area (Å²) in [6.07, 6.45) is 2.89. The van der Waals surface area contributed by atoms with Crippen LogP contribution >= 0.6 is 0 Å². The van der Waals surface area contributed by atoms with Gasteiger partial charge >= 0.3 is 5.97 Å². The molecular weight excluding hydrogens is 288 g/mol. The summed E-state index contributed by atoms with van der Waals surface area (Å²) in [5, 5.41) is 0.985. The summed E-state index contributed by atoms with van der Waals surface area (Å²) in [7, 11) is 4.09. The van der Waals surface area contributed by atoms with Gasteiger partial charge in [0.1, 0.15) is 5.75 Å². The lowest BCUT2D eigenvalue weighted by molar-refractivity contribution is 0.0737. The van der Waals surface area contributed by atoms with E-state index in [0.29, 0.717) is 11.3 Å². The van der Waals surface area contributed by atoms with Crippen LogP contribution < -0.4 is 4.74 Å². The maximum Gasteiger partial charge on any atom is 0.343 e. The Morgan fingerprint density at radius 3 is 2.61 bits per heavy atom. The third-order valence-corrected chi connectivity index (χ3v) is 3.79. The second kappa shape index (κ2) is 6.67. The Bertz CT molecular complexity index is 807. The van der Waals surface area contributed by atoms with Gasteiger partial charge in [0.05, 0.1) is 5.56 Å². The molecular formula is C19H20N2O2. The summed E-state index contributed by atoms with van der Waals surface area (Å²) in [4.78, 5) is 17.7. The summed E-state index contributed by atoms with van der Waals surface area (Å²) >= 11 is 0. The van der Waals surface area contributed by atoms with E-state index in [1.165, 1.54) is 0 Å². The third kappa shape index (κ3) is 3.43. The number of hydrogen-bond acceptors (Lipinski definition) is 3. The number of hydrogen-bond donors (Lipinski definition) is 1. The molecule has 0 saturated heterocycles. The molecule has 3 aromatic rings. The molecule has 0 amide bonds. The molecule has 0 aliphatic heterocycles. The molecule has 0 aliphatic rings. The second-order valence-corrected chi connectivity index (χ2v) is 5.80. The van der Waals surface area contributed by atoms with Gasteiger partial charge < -0.3 is 14.6 Å². The van der Waals surface area contributed by atoms with Crippen LogP contribution in [0.15, 0.2) is 54.7 Å². The number of fused-ring (bicyclic) bond motifs is 1. The van der Waals surface area contributed by atoms with E-state index >= 15 is 0 Å². The monoisotopic (exact) mass is 308 g/mol. The second-order valence-electron chi connectivity index (χ2n) is 5.80. The normalized spacial score (nSPS) is 11.1. The number of ether oxygens (including phenoxy) is 1. The number of aromatic amines is 1. The number of benzene rings is 2. The van der Waals surface area contributed by atoms with Crippen LogP contribution in [0, 0.1) is 0 Å². The maximum absolute atomic E-state index is 12.3. The molecule has 0 fully saturated rings. The molecule has 0 radical (unpaired) electrons. The molecule has 0 bridgehead atoms. The largest absolute Gasteiger partial charge is 0.422 e. The predicted molar refractivity (Wildman–Crippen MR) is 92.0 cm³/mol. The predicted octanol–water partition coefficient (Wildman–Crippen LogP) is 3.49. The zero-order valence-electron chi connectivity index (χ0n) is 13.4. The van der Waals surface area contributed by atoms with Crippen LogP contribution in [-0.4, -0.2) is 36.5 Å². The van der Waals surface area contributed by atoms with Crippen molar-refractivity contribution in [2.24, 2.45) is 0 Å². The minimum atomic E-state index is -0.335. The summed E-state index contributed by atoms with van der Waals surface area (Å²) in [5.41, 5.74) is 2.69. The fourth-order valence-electron chi connectivity index (χ4n) is 2.58. The summed E-state index contributed by atoms with van der Waals surface area (Å²) in [5.74, 6) is 0.268. The molecule has 3 rings (SSSR count). The number of aromatic nitrogens is 1. The van der Waals surface area contributed by atoms with Gasteiger partial charge in [-0.1, -0.05) is 24.3 Å². The van der Waals surface area contributed by atoms with Crippen LogP contribution in [0.5, 0.6) is 5.75 Å². The average Bonchev–Trinajstić information content (AvgIpc) is 2.98. The molecule has 23 heavy (non-hydrogen) atoms. The number of H-pyrrole nitrogens is 1. The highest BCUT2D eigenvalue weighted by atomic mass is 16.5. The molecule has 0 spiro atoms. The Kier molecular flexibility index (Phi) is 4.44. The zero-order chi connectivity index (χ0) is 16.2. The van der Waals surface area contributed by atoms with Crippen molar-refractivity contribution < 1.29 is 9.53 Å². The van der Waals surface area contributed by atoms with Crippen molar-refractivity contribution in [2.45, 2.75) is 6.42 Å². The van der Waals surface area contributed by atoms with Gasteiger partial charge in [0.25, 0.3) is 0 Å². The molecule has 0 unspecified atom stereocenters. The van der Waals surface area contributed by atoms with E-state index < -0.39 is 0 Å². The average molecular weight is 308 g/mol. The van der Waals surface area contributed by atoms with E-state index in [1.807, 2.05) is 56.7 Å². The van der Waals surface area contributed by atoms with Crippen LogP contribution in [0.3, 0.4) is 0 Å². The lowest BCUT2D eigenvalue weighted by Crippen LogP contribution is -2.15. The van der Waals surface area contributed by atoms with E-state index in [9.17, 15) is 4.79 Å². The van der Waals surface area contributed by atoms with Gasteiger partial charge in [-0.25, -0.2) is 4.79 Å². The van der Waals surface area contributed by atoms with Crippen molar-refractivity contribution >= 4 is 16.9 Å². The molecule has 2 aromatic carbocycles. The van der Waals surface area contributed by atoms with E-state index in [0.717, 1.165) is 29.4 Å². The first kappa shape index (κ1) is 15.3. The third-order valence-electron chi connectivity index (χ3n) is 3.79. The molecule has 4 nitrogen and oxygen atoms in total.